The van der Waals surface area contributed by atoms with Crippen molar-refractivity contribution >= 4 is 11.3 Å². The van der Waals surface area contributed by atoms with Crippen molar-refractivity contribution in [2.75, 3.05) is 13.1 Å². The molecule has 1 fully saturated rings. The van der Waals surface area contributed by atoms with Gasteiger partial charge in [0.2, 0.25) is 0 Å². The molecule has 100 valence electrons. The number of aromatic nitrogens is 3. The van der Waals surface area contributed by atoms with Gasteiger partial charge in [-0.1, -0.05) is 0 Å². The predicted molar refractivity (Wildman–Crippen MR) is 76.1 cm³/mol. The lowest BCUT2D eigenvalue weighted by Crippen LogP contribution is -2.34. The second kappa shape index (κ2) is 5.75. The smallest absolute Gasteiger partial charge is 0.0795 e. The van der Waals surface area contributed by atoms with Crippen molar-refractivity contribution in [1.29, 1.82) is 0 Å². The highest BCUT2D eigenvalue weighted by molar-refractivity contribution is 7.07. The van der Waals surface area contributed by atoms with Crippen LogP contribution in [0.4, 0.5) is 0 Å². The van der Waals surface area contributed by atoms with Gasteiger partial charge in [-0.2, -0.15) is 0 Å². The molecule has 0 spiro atoms. The first kappa shape index (κ1) is 12.7. The molecule has 3 heterocycles. The molecule has 0 unspecified atom stereocenters. The number of hydrogen-bond acceptors (Lipinski definition) is 5. The van der Waals surface area contributed by atoms with E-state index in [0.717, 1.165) is 31.0 Å². The highest BCUT2D eigenvalue weighted by atomic mass is 32.1. The van der Waals surface area contributed by atoms with Gasteiger partial charge < -0.3 is 0 Å². The number of thiazole rings is 1. The fourth-order valence-electron chi connectivity index (χ4n) is 2.66. The van der Waals surface area contributed by atoms with Crippen LogP contribution in [0, 0.1) is 6.92 Å². The summed E-state index contributed by atoms with van der Waals surface area (Å²) < 4.78 is 0. The van der Waals surface area contributed by atoms with Crippen molar-refractivity contribution in [3.8, 4) is 0 Å². The van der Waals surface area contributed by atoms with Crippen molar-refractivity contribution < 1.29 is 0 Å². The summed E-state index contributed by atoms with van der Waals surface area (Å²) in [5, 5.41) is 2.14. The minimum Gasteiger partial charge on any atom is -0.297 e. The number of aryl methyl sites for hydroxylation is 1. The first-order chi connectivity index (χ1) is 9.31. The molecule has 1 saturated heterocycles. The van der Waals surface area contributed by atoms with E-state index in [2.05, 4.69) is 25.2 Å². The van der Waals surface area contributed by atoms with Crippen LogP contribution in [0.3, 0.4) is 0 Å². The fraction of sp³-hybridized carbons (Fsp3) is 0.500. The number of piperidine rings is 1. The van der Waals surface area contributed by atoms with Crippen LogP contribution < -0.4 is 0 Å². The molecule has 0 radical (unpaired) electrons. The van der Waals surface area contributed by atoms with Gasteiger partial charge in [-0.25, -0.2) is 4.98 Å². The Morgan fingerprint density at radius 2 is 2.37 bits per heavy atom. The average Bonchev–Trinajstić information content (AvgIpc) is 2.92. The van der Waals surface area contributed by atoms with Gasteiger partial charge in [-0.3, -0.25) is 14.9 Å². The van der Waals surface area contributed by atoms with E-state index >= 15 is 0 Å². The number of likely N-dealkylation sites (tertiary alicyclic amines) is 1. The monoisotopic (exact) mass is 274 g/mol. The van der Waals surface area contributed by atoms with Crippen LogP contribution in [-0.2, 0) is 6.54 Å². The number of nitrogens with zero attached hydrogens (tertiary/aromatic N) is 4. The summed E-state index contributed by atoms with van der Waals surface area (Å²) in [4.78, 5) is 15.7. The van der Waals surface area contributed by atoms with E-state index in [4.69, 9.17) is 0 Å². The molecule has 2 aromatic rings. The second-order valence-corrected chi connectivity index (χ2v) is 5.86. The summed E-state index contributed by atoms with van der Waals surface area (Å²) in [6.45, 7) is 5.19. The van der Waals surface area contributed by atoms with E-state index in [0.29, 0.717) is 5.92 Å². The maximum atomic E-state index is 4.63. The van der Waals surface area contributed by atoms with Crippen molar-refractivity contribution in [1.82, 2.24) is 19.9 Å². The highest BCUT2D eigenvalue weighted by Crippen LogP contribution is 2.26. The second-order valence-electron chi connectivity index (χ2n) is 5.14. The van der Waals surface area contributed by atoms with Crippen LogP contribution in [0.15, 0.2) is 23.3 Å². The molecule has 4 nitrogen and oxygen atoms in total. The van der Waals surface area contributed by atoms with Gasteiger partial charge in [0.25, 0.3) is 0 Å². The predicted octanol–water partition coefficient (Wildman–Crippen LogP) is 2.62. The largest absolute Gasteiger partial charge is 0.297 e. The third kappa shape index (κ3) is 3.16. The first-order valence-electron chi connectivity index (χ1n) is 6.69. The molecular weight excluding hydrogens is 256 g/mol. The average molecular weight is 274 g/mol. The Morgan fingerprint density at radius 1 is 1.42 bits per heavy atom. The number of hydrogen-bond donors (Lipinski definition) is 0. The molecule has 0 aromatic carbocycles. The number of rotatable bonds is 3. The first-order valence-corrected chi connectivity index (χ1v) is 7.63. The fourth-order valence-corrected chi connectivity index (χ4v) is 3.21. The Hall–Kier alpha value is -1.33. The zero-order valence-corrected chi connectivity index (χ0v) is 11.9. The van der Waals surface area contributed by atoms with Gasteiger partial charge in [-0.15, -0.1) is 11.3 Å². The molecule has 0 N–H and O–H groups in total. The molecule has 1 aliphatic rings. The van der Waals surface area contributed by atoms with E-state index in [-0.39, 0.29) is 0 Å². The molecule has 0 saturated carbocycles. The van der Waals surface area contributed by atoms with Gasteiger partial charge >= 0.3 is 0 Å². The van der Waals surface area contributed by atoms with Crippen molar-refractivity contribution in [3.05, 3.63) is 40.4 Å². The minimum atomic E-state index is 0.514. The normalized spacial score (nSPS) is 20.6. The molecule has 0 amide bonds. The molecule has 19 heavy (non-hydrogen) atoms. The topological polar surface area (TPSA) is 41.9 Å². The summed E-state index contributed by atoms with van der Waals surface area (Å²) in [5.74, 6) is 0.514. The van der Waals surface area contributed by atoms with E-state index in [9.17, 15) is 0 Å². The maximum absolute atomic E-state index is 4.63. The lowest BCUT2D eigenvalue weighted by molar-refractivity contribution is 0.196. The van der Waals surface area contributed by atoms with E-state index in [1.807, 2.05) is 24.8 Å². The minimum absolute atomic E-state index is 0.514. The van der Waals surface area contributed by atoms with Gasteiger partial charge in [0.05, 0.1) is 22.6 Å². The highest BCUT2D eigenvalue weighted by Gasteiger charge is 2.23. The Balaban J connectivity index is 1.67. The third-order valence-electron chi connectivity index (χ3n) is 3.57. The Morgan fingerprint density at radius 3 is 3.16 bits per heavy atom. The van der Waals surface area contributed by atoms with Crippen LogP contribution >= 0.6 is 11.3 Å². The Bertz CT molecular complexity index is 526. The van der Waals surface area contributed by atoms with Crippen LogP contribution in [0.2, 0.25) is 0 Å². The van der Waals surface area contributed by atoms with E-state index in [1.165, 1.54) is 18.5 Å². The summed E-state index contributed by atoms with van der Waals surface area (Å²) in [7, 11) is 0. The summed E-state index contributed by atoms with van der Waals surface area (Å²) in [6, 6.07) is 0. The standard InChI is InChI=1S/C14H18N4S/c1-11-5-15-6-14(17-11)12-3-2-4-18(7-12)8-13-9-19-10-16-13/h5-6,9-10,12H,2-4,7-8H2,1H3/t12-/m0/s1. The van der Waals surface area contributed by atoms with Crippen molar-refractivity contribution in [3.63, 3.8) is 0 Å². The van der Waals surface area contributed by atoms with Gasteiger partial charge in [0, 0.05) is 36.8 Å². The van der Waals surface area contributed by atoms with Gasteiger partial charge in [-0.05, 0) is 26.3 Å². The third-order valence-corrected chi connectivity index (χ3v) is 4.20. The van der Waals surface area contributed by atoms with Crippen LogP contribution in [0.1, 0.15) is 35.8 Å². The molecule has 3 rings (SSSR count). The SMILES string of the molecule is Cc1cncc([C@H]2CCCN(Cc3cscn3)C2)n1. The van der Waals surface area contributed by atoms with Crippen molar-refractivity contribution in [2.24, 2.45) is 0 Å². The molecular formula is C14H18N4S. The Labute approximate surface area is 117 Å². The van der Waals surface area contributed by atoms with E-state index in [1.54, 1.807) is 11.3 Å². The van der Waals surface area contributed by atoms with Gasteiger partial charge in [0.1, 0.15) is 0 Å². The zero-order valence-electron chi connectivity index (χ0n) is 11.1. The lowest BCUT2D eigenvalue weighted by Gasteiger charge is -2.31. The van der Waals surface area contributed by atoms with E-state index < -0.39 is 0 Å². The molecule has 0 bridgehead atoms. The summed E-state index contributed by atoms with van der Waals surface area (Å²) in [6.07, 6.45) is 6.18. The molecule has 1 atom stereocenters. The van der Waals surface area contributed by atoms with Crippen molar-refractivity contribution in [2.45, 2.75) is 32.2 Å². The maximum Gasteiger partial charge on any atom is 0.0795 e. The quantitative estimate of drug-likeness (QED) is 0.863. The van der Waals surface area contributed by atoms with Crippen LogP contribution in [0.25, 0.3) is 0 Å². The lowest BCUT2D eigenvalue weighted by atomic mass is 9.95. The van der Waals surface area contributed by atoms with Crippen LogP contribution in [-0.4, -0.2) is 32.9 Å². The molecule has 5 heteroatoms. The van der Waals surface area contributed by atoms with Crippen LogP contribution in [0.5, 0.6) is 0 Å². The zero-order chi connectivity index (χ0) is 13.1. The summed E-state index contributed by atoms with van der Waals surface area (Å²) >= 11 is 1.67. The molecule has 2 aromatic heterocycles. The van der Waals surface area contributed by atoms with Gasteiger partial charge in [0.15, 0.2) is 0 Å². The Kier molecular flexibility index (Phi) is 3.84. The summed E-state index contributed by atoms with van der Waals surface area (Å²) in [5.41, 5.74) is 5.24. The molecule has 1 aliphatic heterocycles. The molecule has 0 aliphatic carbocycles.